The number of rotatable bonds is 7. The molecule has 0 aliphatic heterocycles. The van der Waals surface area contributed by atoms with Crippen molar-refractivity contribution in [1.82, 2.24) is 10.6 Å². The maximum Gasteiger partial charge on any atom is 0.347 e. The van der Waals surface area contributed by atoms with Crippen molar-refractivity contribution < 1.29 is 23.9 Å². The summed E-state index contributed by atoms with van der Waals surface area (Å²) in [5.41, 5.74) is 0. The molecule has 1 atom stereocenters. The number of thiophene rings is 1. The highest BCUT2D eigenvalue weighted by atomic mass is 35.5. The minimum absolute atomic E-state index is 0.238. The lowest BCUT2D eigenvalue weighted by molar-refractivity contribution is -0.154. The molecule has 1 aromatic heterocycles. The maximum absolute atomic E-state index is 11.9. The van der Waals surface area contributed by atoms with Crippen molar-refractivity contribution in [3.8, 4) is 5.75 Å². The molecule has 0 spiro atoms. The predicted molar refractivity (Wildman–Crippen MR) is 102 cm³/mol. The molecule has 0 saturated heterocycles. The van der Waals surface area contributed by atoms with Gasteiger partial charge >= 0.3 is 12.0 Å². The van der Waals surface area contributed by atoms with E-state index in [1.165, 1.54) is 30.4 Å². The zero-order chi connectivity index (χ0) is 19.8. The number of nitrogens with one attached hydrogen (secondary N) is 2. The van der Waals surface area contributed by atoms with Crippen LogP contribution in [0.5, 0.6) is 5.75 Å². The van der Waals surface area contributed by atoms with Gasteiger partial charge in [0.2, 0.25) is 0 Å². The van der Waals surface area contributed by atoms with Gasteiger partial charge in [-0.15, -0.1) is 11.3 Å². The van der Waals surface area contributed by atoms with Crippen LogP contribution < -0.4 is 15.4 Å². The Balaban J connectivity index is 1.71. The van der Waals surface area contributed by atoms with E-state index in [9.17, 15) is 14.4 Å². The molecule has 0 bridgehead atoms. The van der Waals surface area contributed by atoms with Crippen LogP contribution in [0.25, 0.3) is 0 Å². The summed E-state index contributed by atoms with van der Waals surface area (Å²) in [7, 11) is 0. The van der Waals surface area contributed by atoms with E-state index in [0.717, 1.165) is 4.88 Å². The van der Waals surface area contributed by atoms with Gasteiger partial charge in [-0.2, -0.15) is 0 Å². The number of imide groups is 1. The Morgan fingerprint density at radius 1 is 1.22 bits per heavy atom. The second kappa shape index (κ2) is 10.1. The Kier molecular flexibility index (Phi) is 7.90. The van der Waals surface area contributed by atoms with Gasteiger partial charge in [0.15, 0.2) is 12.7 Å². The first-order valence-corrected chi connectivity index (χ1v) is 9.37. The lowest BCUT2D eigenvalue weighted by atomic mass is 10.3. The van der Waals surface area contributed by atoms with Gasteiger partial charge in [-0.05, 0) is 36.6 Å². The molecule has 2 aromatic rings. The fourth-order valence-corrected chi connectivity index (χ4v) is 2.95. The molecule has 0 aliphatic carbocycles. The van der Waals surface area contributed by atoms with E-state index >= 15 is 0 Å². The van der Waals surface area contributed by atoms with Crippen LogP contribution in [-0.2, 0) is 20.9 Å². The number of hydrogen-bond acceptors (Lipinski definition) is 6. The molecule has 2 N–H and O–H groups in total. The highest BCUT2D eigenvalue weighted by Crippen LogP contribution is 2.28. The smallest absolute Gasteiger partial charge is 0.347 e. The molecule has 10 heteroatoms. The molecule has 0 radical (unpaired) electrons. The summed E-state index contributed by atoms with van der Waals surface area (Å²) in [5, 5.41) is 7.12. The van der Waals surface area contributed by atoms with Crippen LogP contribution in [0.3, 0.4) is 0 Å². The van der Waals surface area contributed by atoms with Crippen molar-refractivity contribution >= 4 is 52.4 Å². The third kappa shape index (κ3) is 7.09. The van der Waals surface area contributed by atoms with Crippen LogP contribution >= 0.6 is 34.5 Å². The van der Waals surface area contributed by atoms with Crippen LogP contribution in [0.4, 0.5) is 4.79 Å². The Morgan fingerprint density at radius 3 is 2.67 bits per heavy atom. The third-order valence-corrected chi connectivity index (χ3v) is 4.54. The molecule has 27 heavy (non-hydrogen) atoms. The van der Waals surface area contributed by atoms with Crippen molar-refractivity contribution in [2.75, 3.05) is 6.61 Å². The Labute approximate surface area is 169 Å². The van der Waals surface area contributed by atoms with Crippen LogP contribution in [0.1, 0.15) is 11.8 Å². The summed E-state index contributed by atoms with van der Waals surface area (Å²) in [6, 6.07) is 7.57. The molecular weight excluding hydrogens is 415 g/mol. The zero-order valence-corrected chi connectivity index (χ0v) is 16.5. The summed E-state index contributed by atoms with van der Waals surface area (Å²) in [4.78, 5) is 36.1. The quantitative estimate of drug-likeness (QED) is 0.656. The number of carbonyl (C=O) groups excluding carboxylic acids is 3. The lowest BCUT2D eigenvalue weighted by Gasteiger charge is -2.15. The molecule has 7 nitrogen and oxygen atoms in total. The van der Waals surface area contributed by atoms with Gasteiger partial charge in [-0.3, -0.25) is 10.1 Å². The highest BCUT2D eigenvalue weighted by molar-refractivity contribution is 7.09. The average Bonchev–Trinajstić information content (AvgIpc) is 3.13. The summed E-state index contributed by atoms with van der Waals surface area (Å²) >= 11 is 13.2. The Morgan fingerprint density at radius 2 is 2.00 bits per heavy atom. The molecule has 0 fully saturated rings. The first kappa shape index (κ1) is 21.0. The zero-order valence-electron chi connectivity index (χ0n) is 14.2. The molecule has 1 aromatic carbocycles. The number of carbonyl (C=O) groups is 3. The van der Waals surface area contributed by atoms with Crippen LogP contribution in [0.15, 0.2) is 35.7 Å². The fourth-order valence-electron chi connectivity index (χ4n) is 1.85. The number of amides is 3. The first-order valence-electron chi connectivity index (χ1n) is 7.73. The topological polar surface area (TPSA) is 93.7 Å². The van der Waals surface area contributed by atoms with Gasteiger partial charge in [-0.25, -0.2) is 9.59 Å². The van der Waals surface area contributed by atoms with E-state index in [1.54, 1.807) is 6.07 Å². The number of ether oxygens (including phenoxy) is 2. The standard InChI is InChI=1S/C17H16Cl2N2O5S/c1-10(26-14-5-4-11(18)7-13(14)19)16(23)25-9-15(22)21-17(24)20-8-12-3-2-6-27-12/h2-7,10H,8-9H2,1H3,(H2,20,21,22,24). The maximum atomic E-state index is 11.9. The summed E-state index contributed by atoms with van der Waals surface area (Å²) in [6.07, 6.45) is -1.01. The second-order valence-electron chi connectivity index (χ2n) is 5.25. The van der Waals surface area contributed by atoms with Crippen molar-refractivity contribution in [2.45, 2.75) is 19.6 Å². The monoisotopic (exact) mass is 430 g/mol. The van der Waals surface area contributed by atoms with Crippen LogP contribution in [0, 0.1) is 0 Å². The summed E-state index contributed by atoms with van der Waals surface area (Å²) in [6.45, 7) is 1.12. The van der Waals surface area contributed by atoms with Crippen LogP contribution in [0.2, 0.25) is 10.0 Å². The van der Waals surface area contributed by atoms with Crippen molar-refractivity contribution in [2.24, 2.45) is 0 Å². The summed E-state index contributed by atoms with van der Waals surface area (Å²) < 4.78 is 10.2. The van der Waals surface area contributed by atoms with E-state index in [2.05, 4.69) is 10.6 Å². The van der Waals surface area contributed by atoms with Gasteiger partial charge in [0.25, 0.3) is 5.91 Å². The average molecular weight is 431 g/mol. The Bertz CT molecular complexity index is 814. The number of halogens is 2. The Hall–Kier alpha value is -2.29. The highest BCUT2D eigenvalue weighted by Gasteiger charge is 2.19. The summed E-state index contributed by atoms with van der Waals surface area (Å²) in [5.74, 6) is -1.29. The van der Waals surface area contributed by atoms with Gasteiger partial charge < -0.3 is 14.8 Å². The molecule has 1 heterocycles. The molecule has 0 aliphatic rings. The predicted octanol–water partition coefficient (Wildman–Crippen LogP) is 3.39. The minimum Gasteiger partial charge on any atom is -0.477 e. The van der Waals surface area contributed by atoms with E-state index in [0.29, 0.717) is 11.6 Å². The molecule has 144 valence electrons. The number of urea groups is 1. The second-order valence-corrected chi connectivity index (χ2v) is 7.13. The minimum atomic E-state index is -1.01. The third-order valence-electron chi connectivity index (χ3n) is 3.13. The molecule has 0 saturated carbocycles. The van der Waals surface area contributed by atoms with Crippen LogP contribution in [-0.4, -0.2) is 30.6 Å². The first-order chi connectivity index (χ1) is 12.8. The molecule has 2 rings (SSSR count). The normalized spacial score (nSPS) is 11.4. The van der Waals surface area contributed by atoms with Crippen molar-refractivity contribution in [3.63, 3.8) is 0 Å². The van der Waals surface area contributed by atoms with Gasteiger partial charge in [0.05, 0.1) is 11.6 Å². The van der Waals surface area contributed by atoms with Gasteiger partial charge in [0, 0.05) is 9.90 Å². The molecular formula is C17H16Cl2N2O5S. The van der Waals surface area contributed by atoms with Gasteiger partial charge in [-0.1, -0.05) is 29.3 Å². The van der Waals surface area contributed by atoms with Gasteiger partial charge in [0.1, 0.15) is 5.75 Å². The molecule has 3 amide bonds. The van der Waals surface area contributed by atoms with E-state index in [-0.39, 0.29) is 10.8 Å². The van der Waals surface area contributed by atoms with E-state index < -0.39 is 30.6 Å². The van der Waals surface area contributed by atoms with E-state index in [1.807, 2.05) is 17.5 Å². The number of benzene rings is 1. The SMILES string of the molecule is CC(Oc1ccc(Cl)cc1Cl)C(=O)OCC(=O)NC(=O)NCc1cccs1. The lowest BCUT2D eigenvalue weighted by Crippen LogP contribution is -2.41. The number of esters is 1. The largest absolute Gasteiger partial charge is 0.477 e. The fraction of sp³-hybridized carbons (Fsp3) is 0.235. The van der Waals surface area contributed by atoms with E-state index in [4.69, 9.17) is 32.7 Å². The molecule has 1 unspecified atom stereocenters. The van der Waals surface area contributed by atoms with Crippen molar-refractivity contribution in [1.29, 1.82) is 0 Å². The number of hydrogen-bond donors (Lipinski definition) is 2. The van der Waals surface area contributed by atoms with Crippen molar-refractivity contribution in [3.05, 3.63) is 50.6 Å².